The first-order valence-electron chi connectivity index (χ1n) is 16.7. The molecule has 0 fully saturated rings. The first kappa shape index (κ1) is 30.2. The summed E-state index contributed by atoms with van der Waals surface area (Å²) < 4.78 is 4.37. The van der Waals surface area contributed by atoms with Crippen LogP contribution < -0.4 is 0 Å². The van der Waals surface area contributed by atoms with Crippen molar-refractivity contribution in [2.75, 3.05) is 0 Å². The molecule has 0 aliphatic carbocycles. The number of hydrogen-bond donors (Lipinski definition) is 0. The van der Waals surface area contributed by atoms with Gasteiger partial charge in [-0.2, -0.15) is 0 Å². The molecule has 0 amide bonds. The summed E-state index contributed by atoms with van der Waals surface area (Å²) >= 11 is 0. The van der Waals surface area contributed by atoms with E-state index < -0.39 is 0 Å². The summed E-state index contributed by atoms with van der Waals surface area (Å²) in [4.78, 5) is 0. The molecule has 1 unspecified atom stereocenters. The van der Waals surface area contributed by atoms with Gasteiger partial charge in [0, 0.05) is 16.8 Å². The van der Waals surface area contributed by atoms with Crippen molar-refractivity contribution >= 4 is 0 Å². The third-order valence-corrected chi connectivity index (χ3v) is 9.06. The normalized spacial score (nSPS) is 11.9. The van der Waals surface area contributed by atoms with Crippen molar-refractivity contribution in [1.82, 2.24) is 19.6 Å². The Morgan fingerprint density at radius 3 is 1.87 bits per heavy atom. The molecular formula is C43H40N4. The summed E-state index contributed by atoms with van der Waals surface area (Å²) in [5.41, 5.74) is 12.7. The Kier molecular flexibility index (Phi) is 8.92. The van der Waals surface area contributed by atoms with E-state index in [4.69, 9.17) is 0 Å². The Bertz CT molecular complexity index is 2020. The molecule has 4 heteroatoms. The lowest BCUT2D eigenvalue weighted by molar-refractivity contribution is 0.543. The standard InChI is InChI=1S/C43H40N4/c1-3-4-8-15-33-22-24-36(25-23-33)41-31-46(45-44-41)32(2)34-26-28-39(29-27-34)47-42(37-18-11-6-12-19-37)30-40(35-16-9-5-10-17-35)43(47)38-20-13-7-14-21-38/h5-7,9-14,16-32H,3-4,8,15H2,1-2H3. The van der Waals surface area contributed by atoms with Crippen LogP contribution in [0.25, 0.3) is 50.6 Å². The number of nitrogens with zero attached hydrogens (tertiary/aromatic N) is 4. The highest BCUT2D eigenvalue weighted by Crippen LogP contribution is 2.41. The Labute approximate surface area is 278 Å². The summed E-state index contributed by atoms with van der Waals surface area (Å²) in [6.45, 7) is 4.42. The molecule has 0 aliphatic heterocycles. The predicted octanol–water partition coefficient (Wildman–Crippen LogP) is 11.1. The van der Waals surface area contributed by atoms with Crippen LogP contribution in [0.4, 0.5) is 0 Å². The number of benzene rings is 5. The van der Waals surface area contributed by atoms with Gasteiger partial charge < -0.3 is 4.57 Å². The molecule has 7 aromatic rings. The second-order valence-corrected chi connectivity index (χ2v) is 12.2. The van der Waals surface area contributed by atoms with Crippen LogP contribution in [0.1, 0.15) is 50.3 Å². The molecule has 1 atom stereocenters. The molecule has 0 aliphatic rings. The zero-order valence-electron chi connectivity index (χ0n) is 27.1. The van der Waals surface area contributed by atoms with E-state index in [-0.39, 0.29) is 6.04 Å². The van der Waals surface area contributed by atoms with E-state index in [1.807, 2.05) is 4.68 Å². The van der Waals surface area contributed by atoms with Crippen LogP contribution in [0.3, 0.4) is 0 Å². The van der Waals surface area contributed by atoms with Crippen LogP contribution in [0, 0.1) is 0 Å². The molecule has 0 saturated heterocycles. The number of aromatic nitrogens is 4. The van der Waals surface area contributed by atoms with Crippen LogP contribution in [0.2, 0.25) is 0 Å². The van der Waals surface area contributed by atoms with Gasteiger partial charge >= 0.3 is 0 Å². The second-order valence-electron chi connectivity index (χ2n) is 12.2. The van der Waals surface area contributed by atoms with Gasteiger partial charge in [-0.1, -0.05) is 152 Å². The minimum Gasteiger partial charge on any atom is -0.309 e. The second kappa shape index (κ2) is 13.9. The smallest absolute Gasteiger partial charge is 0.113 e. The Balaban J connectivity index is 1.23. The summed E-state index contributed by atoms with van der Waals surface area (Å²) in [6.07, 6.45) is 6.94. The van der Waals surface area contributed by atoms with E-state index in [1.165, 1.54) is 58.3 Å². The van der Waals surface area contributed by atoms with Crippen molar-refractivity contribution in [3.63, 3.8) is 0 Å². The molecule has 0 bridgehead atoms. The highest BCUT2D eigenvalue weighted by Gasteiger charge is 2.21. The van der Waals surface area contributed by atoms with Gasteiger partial charge in [-0.15, -0.1) is 5.10 Å². The van der Waals surface area contributed by atoms with Crippen molar-refractivity contribution in [3.05, 3.63) is 163 Å². The predicted molar refractivity (Wildman–Crippen MR) is 195 cm³/mol. The maximum Gasteiger partial charge on any atom is 0.113 e. The summed E-state index contributed by atoms with van der Waals surface area (Å²) in [5.74, 6) is 0. The molecule has 4 nitrogen and oxygen atoms in total. The average molecular weight is 613 g/mol. The highest BCUT2D eigenvalue weighted by molar-refractivity contribution is 5.88. The summed E-state index contributed by atoms with van der Waals surface area (Å²) in [6, 6.07) is 52.1. The quantitative estimate of drug-likeness (QED) is 0.136. The van der Waals surface area contributed by atoms with E-state index in [1.54, 1.807) is 0 Å². The maximum atomic E-state index is 4.54. The molecule has 0 N–H and O–H groups in total. The summed E-state index contributed by atoms with van der Waals surface area (Å²) in [5, 5.41) is 9.07. The van der Waals surface area contributed by atoms with Crippen molar-refractivity contribution < 1.29 is 0 Å². The van der Waals surface area contributed by atoms with Crippen LogP contribution >= 0.6 is 0 Å². The molecular weight excluding hydrogens is 573 g/mol. The molecule has 47 heavy (non-hydrogen) atoms. The monoisotopic (exact) mass is 612 g/mol. The lowest BCUT2D eigenvalue weighted by atomic mass is 10.0. The number of rotatable bonds is 11. The van der Waals surface area contributed by atoms with Crippen LogP contribution in [0.5, 0.6) is 0 Å². The lowest BCUT2D eigenvalue weighted by Crippen LogP contribution is -2.08. The lowest BCUT2D eigenvalue weighted by Gasteiger charge is -2.17. The van der Waals surface area contributed by atoms with Crippen molar-refractivity contribution in [2.45, 2.75) is 45.6 Å². The minimum absolute atomic E-state index is 0.0327. The first-order chi connectivity index (χ1) is 23.2. The third-order valence-electron chi connectivity index (χ3n) is 9.06. The molecule has 5 aromatic carbocycles. The fourth-order valence-electron chi connectivity index (χ4n) is 6.39. The molecule has 232 valence electrons. The number of aryl methyl sites for hydroxylation is 1. The highest BCUT2D eigenvalue weighted by atomic mass is 15.4. The largest absolute Gasteiger partial charge is 0.309 e. The maximum absolute atomic E-state index is 4.54. The molecule has 0 saturated carbocycles. The Hall–Kier alpha value is -5.48. The van der Waals surface area contributed by atoms with E-state index in [0.717, 1.165) is 29.1 Å². The van der Waals surface area contributed by atoms with Crippen LogP contribution in [-0.2, 0) is 6.42 Å². The zero-order chi connectivity index (χ0) is 32.0. The van der Waals surface area contributed by atoms with Crippen LogP contribution in [0.15, 0.2) is 152 Å². The molecule has 2 heterocycles. The van der Waals surface area contributed by atoms with E-state index in [9.17, 15) is 0 Å². The van der Waals surface area contributed by atoms with Crippen molar-refractivity contribution in [3.8, 4) is 50.6 Å². The van der Waals surface area contributed by atoms with E-state index in [2.05, 4.69) is 181 Å². The fourth-order valence-corrected chi connectivity index (χ4v) is 6.39. The Morgan fingerprint density at radius 2 is 1.23 bits per heavy atom. The van der Waals surface area contributed by atoms with Crippen molar-refractivity contribution in [2.24, 2.45) is 0 Å². The SMILES string of the molecule is CCCCCc1ccc(-c2cn(C(C)c3ccc(-n4c(-c5ccccc5)cc(-c5ccccc5)c4-c4ccccc4)cc3)nn2)cc1. The van der Waals surface area contributed by atoms with Gasteiger partial charge in [0.05, 0.1) is 23.6 Å². The van der Waals surface area contributed by atoms with E-state index >= 15 is 0 Å². The molecule has 0 spiro atoms. The van der Waals surface area contributed by atoms with Crippen molar-refractivity contribution in [1.29, 1.82) is 0 Å². The average Bonchev–Trinajstić information content (AvgIpc) is 3.80. The van der Waals surface area contributed by atoms with E-state index in [0.29, 0.717) is 0 Å². The third kappa shape index (κ3) is 6.45. The molecule has 7 rings (SSSR count). The molecule has 2 aromatic heterocycles. The number of hydrogen-bond acceptors (Lipinski definition) is 2. The van der Waals surface area contributed by atoms with Gasteiger partial charge in [-0.25, -0.2) is 4.68 Å². The molecule has 0 radical (unpaired) electrons. The van der Waals surface area contributed by atoms with Crippen LogP contribution in [-0.4, -0.2) is 19.6 Å². The summed E-state index contributed by atoms with van der Waals surface area (Å²) in [7, 11) is 0. The fraction of sp³-hybridized carbons (Fsp3) is 0.163. The van der Waals surface area contributed by atoms with Gasteiger partial charge in [0.2, 0.25) is 0 Å². The van der Waals surface area contributed by atoms with Gasteiger partial charge in [0.15, 0.2) is 0 Å². The zero-order valence-corrected chi connectivity index (χ0v) is 27.1. The van der Waals surface area contributed by atoms with Gasteiger partial charge in [0.25, 0.3) is 0 Å². The van der Waals surface area contributed by atoms with Gasteiger partial charge in [-0.3, -0.25) is 0 Å². The Morgan fingerprint density at radius 1 is 0.617 bits per heavy atom. The first-order valence-corrected chi connectivity index (χ1v) is 16.7. The number of unbranched alkanes of at least 4 members (excludes halogenated alkanes) is 2. The minimum atomic E-state index is 0.0327. The topological polar surface area (TPSA) is 35.6 Å². The van der Waals surface area contributed by atoms with Gasteiger partial charge in [0.1, 0.15) is 5.69 Å². The van der Waals surface area contributed by atoms with Gasteiger partial charge in [-0.05, 0) is 65.8 Å².